The number of nitrogens with one attached hydrogen (secondary N) is 1. The van der Waals surface area contributed by atoms with Crippen molar-refractivity contribution in [2.24, 2.45) is 0 Å². The number of sulfonamides is 1. The van der Waals surface area contributed by atoms with Crippen LogP contribution in [-0.2, 0) is 14.8 Å². The second-order valence-corrected chi connectivity index (χ2v) is 5.73. The summed E-state index contributed by atoms with van der Waals surface area (Å²) >= 11 is 5.84. The van der Waals surface area contributed by atoms with Crippen molar-refractivity contribution >= 4 is 33.3 Å². The molecule has 0 amide bonds. The summed E-state index contributed by atoms with van der Waals surface area (Å²) in [5, 5.41) is 8.88. The van der Waals surface area contributed by atoms with Crippen LogP contribution in [0.25, 0.3) is 0 Å². The summed E-state index contributed by atoms with van der Waals surface area (Å²) in [4.78, 5) is 10.3. The Morgan fingerprint density at radius 1 is 1.47 bits per heavy atom. The van der Waals surface area contributed by atoms with Gasteiger partial charge in [0.15, 0.2) is 0 Å². The molecule has 0 unspecified atom stereocenters. The van der Waals surface area contributed by atoms with E-state index >= 15 is 0 Å². The van der Waals surface area contributed by atoms with Gasteiger partial charge >= 0.3 is 5.97 Å². The molecule has 1 aromatic carbocycles. The van der Waals surface area contributed by atoms with Crippen molar-refractivity contribution in [2.75, 3.05) is 10.5 Å². The molecule has 0 saturated heterocycles. The van der Waals surface area contributed by atoms with Gasteiger partial charge in [0.2, 0.25) is 10.0 Å². The van der Waals surface area contributed by atoms with Crippen LogP contribution in [0.5, 0.6) is 0 Å². The molecule has 1 aromatic rings. The zero-order chi connectivity index (χ0) is 13.1. The van der Waals surface area contributed by atoms with Crippen LogP contribution in [0.3, 0.4) is 0 Å². The average Bonchev–Trinajstić information content (AvgIpc) is 2.22. The maximum Gasteiger partial charge on any atom is 0.304 e. The SMILES string of the molecule is Cc1c(Cl)cccc1NS(=O)(=O)CCC(=O)O. The molecular weight excluding hydrogens is 266 g/mol. The van der Waals surface area contributed by atoms with Crippen molar-refractivity contribution in [3.05, 3.63) is 28.8 Å². The molecule has 0 aliphatic heterocycles. The van der Waals surface area contributed by atoms with E-state index in [1.807, 2.05) is 0 Å². The first-order chi connectivity index (χ1) is 7.82. The Morgan fingerprint density at radius 3 is 2.71 bits per heavy atom. The molecule has 0 aliphatic rings. The number of benzene rings is 1. The second-order valence-electron chi connectivity index (χ2n) is 3.48. The van der Waals surface area contributed by atoms with Crippen molar-refractivity contribution in [3.63, 3.8) is 0 Å². The van der Waals surface area contributed by atoms with Crippen LogP contribution in [0.2, 0.25) is 5.02 Å². The third kappa shape index (κ3) is 4.24. The highest BCUT2D eigenvalue weighted by Crippen LogP contribution is 2.23. The van der Waals surface area contributed by atoms with Crippen LogP contribution < -0.4 is 4.72 Å². The third-order valence-electron chi connectivity index (χ3n) is 2.12. The van der Waals surface area contributed by atoms with E-state index in [9.17, 15) is 13.2 Å². The summed E-state index contributed by atoms with van der Waals surface area (Å²) in [5.41, 5.74) is 0.968. The average molecular weight is 278 g/mol. The lowest BCUT2D eigenvalue weighted by Crippen LogP contribution is -2.19. The van der Waals surface area contributed by atoms with Crippen molar-refractivity contribution < 1.29 is 18.3 Å². The summed E-state index contributed by atoms with van der Waals surface area (Å²) in [5.74, 6) is -1.62. The topological polar surface area (TPSA) is 83.5 Å². The molecule has 17 heavy (non-hydrogen) atoms. The highest BCUT2D eigenvalue weighted by atomic mass is 35.5. The smallest absolute Gasteiger partial charge is 0.304 e. The Kier molecular flexibility index (Phi) is 4.36. The first-order valence-electron chi connectivity index (χ1n) is 4.79. The zero-order valence-corrected chi connectivity index (χ0v) is 10.7. The molecule has 94 valence electrons. The third-order valence-corrected chi connectivity index (χ3v) is 3.80. The Labute approximate surface area is 104 Å². The second kappa shape index (κ2) is 5.37. The molecule has 0 aliphatic carbocycles. The predicted octanol–water partition coefficient (Wildman–Crippen LogP) is 1.86. The van der Waals surface area contributed by atoms with Crippen molar-refractivity contribution in [1.29, 1.82) is 0 Å². The van der Waals surface area contributed by atoms with Gasteiger partial charge in [0.1, 0.15) is 0 Å². The Hall–Kier alpha value is -1.27. The number of aliphatic carboxylic acids is 1. The molecule has 5 nitrogen and oxygen atoms in total. The van der Waals surface area contributed by atoms with Gasteiger partial charge in [-0.25, -0.2) is 8.42 Å². The summed E-state index contributed by atoms with van der Waals surface area (Å²) in [6, 6.07) is 4.83. The summed E-state index contributed by atoms with van der Waals surface area (Å²) in [7, 11) is -3.66. The largest absolute Gasteiger partial charge is 0.481 e. The van der Waals surface area contributed by atoms with Crippen LogP contribution in [0.4, 0.5) is 5.69 Å². The lowest BCUT2D eigenvalue weighted by Gasteiger charge is -2.10. The van der Waals surface area contributed by atoms with Crippen LogP contribution >= 0.6 is 11.6 Å². The van der Waals surface area contributed by atoms with E-state index in [-0.39, 0.29) is 0 Å². The highest BCUT2D eigenvalue weighted by molar-refractivity contribution is 7.92. The first kappa shape index (κ1) is 13.8. The van der Waals surface area contributed by atoms with Gasteiger partial charge in [-0.3, -0.25) is 9.52 Å². The first-order valence-corrected chi connectivity index (χ1v) is 6.82. The van der Waals surface area contributed by atoms with Crippen LogP contribution in [0, 0.1) is 6.92 Å². The number of hydrogen-bond acceptors (Lipinski definition) is 3. The van der Waals surface area contributed by atoms with E-state index < -0.39 is 28.2 Å². The van der Waals surface area contributed by atoms with Gasteiger partial charge in [-0.1, -0.05) is 17.7 Å². The minimum Gasteiger partial charge on any atom is -0.481 e. The van der Waals surface area contributed by atoms with Gasteiger partial charge in [-0.05, 0) is 24.6 Å². The number of carboxylic acids is 1. The van der Waals surface area contributed by atoms with E-state index in [2.05, 4.69) is 4.72 Å². The van der Waals surface area contributed by atoms with E-state index in [0.717, 1.165) is 0 Å². The van der Waals surface area contributed by atoms with Gasteiger partial charge in [-0.2, -0.15) is 0 Å². The molecular formula is C10H12ClNO4S. The number of carbonyl (C=O) groups is 1. The van der Waals surface area contributed by atoms with Crippen LogP contribution in [0.15, 0.2) is 18.2 Å². The molecule has 7 heteroatoms. The molecule has 0 spiro atoms. The molecule has 0 saturated carbocycles. The fourth-order valence-electron chi connectivity index (χ4n) is 1.16. The molecule has 0 bridgehead atoms. The lowest BCUT2D eigenvalue weighted by molar-refractivity contribution is -0.136. The maximum absolute atomic E-state index is 11.6. The number of halogens is 1. The molecule has 0 atom stereocenters. The highest BCUT2D eigenvalue weighted by Gasteiger charge is 2.14. The number of anilines is 1. The normalized spacial score (nSPS) is 11.2. The summed E-state index contributed by atoms with van der Waals surface area (Å²) < 4.78 is 25.4. The van der Waals surface area contributed by atoms with Gasteiger partial charge in [-0.15, -0.1) is 0 Å². The fraction of sp³-hybridized carbons (Fsp3) is 0.300. The summed E-state index contributed by atoms with van der Waals surface area (Å²) in [6.07, 6.45) is -0.436. The van der Waals surface area contributed by atoms with Gasteiger partial charge in [0, 0.05) is 5.02 Å². The van der Waals surface area contributed by atoms with E-state index in [0.29, 0.717) is 16.3 Å². The summed E-state index contributed by atoms with van der Waals surface area (Å²) in [6.45, 7) is 1.68. The van der Waals surface area contributed by atoms with Crippen LogP contribution in [0.1, 0.15) is 12.0 Å². The molecule has 1 rings (SSSR count). The Balaban J connectivity index is 2.83. The molecule has 0 radical (unpaired) electrons. The van der Waals surface area contributed by atoms with Gasteiger partial charge in [0.05, 0.1) is 17.9 Å². The minimum absolute atomic E-state index is 0.364. The standard InChI is InChI=1S/C10H12ClNO4S/c1-7-8(11)3-2-4-9(7)12-17(15,16)6-5-10(13)14/h2-4,12H,5-6H2,1H3,(H,13,14). The number of rotatable bonds is 5. The number of hydrogen-bond donors (Lipinski definition) is 2. The lowest BCUT2D eigenvalue weighted by atomic mass is 10.2. The number of carboxylic acid groups (broad SMARTS) is 1. The Morgan fingerprint density at radius 2 is 2.12 bits per heavy atom. The molecule has 2 N–H and O–H groups in total. The predicted molar refractivity (Wildman–Crippen MR) is 65.9 cm³/mol. The van der Waals surface area contributed by atoms with Gasteiger partial charge < -0.3 is 5.11 Å². The maximum atomic E-state index is 11.6. The Bertz CT molecular complexity index is 527. The molecule has 0 heterocycles. The zero-order valence-electron chi connectivity index (χ0n) is 9.10. The van der Waals surface area contributed by atoms with E-state index in [4.69, 9.17) is 16.7 Å². The monoisotopic (exact) mass is 277 g/mol. The molecule has 0 fully saturated rings. The van der Waals surface area contributed by atoms with Crippen LogP contribution in [-0.4, -0.2) is 25.2 Å². The fourth-order valence-corrected chi connectivity index (χ4v) is 2.43. The van der Waals surface area contributed by atoms with Crippen molar-refractivity contribution in [3.8, 4) is 0 Å². The van der Waals surface area contributed by atoms with E-state index in [1.165, 1.54) is 0 Å². The van der Waals surface area contributed by atoms with E-state index in [1.54, 1.807) is 25.1 Å². The van der Waals surface area contributed by atoms with Crippen molar-refractivity contribution in [1.82, 2.24) is 0 Å². The van der Waals surface area contributed by atoms with Crippen molar-refractivity contribution in [2.45, 2.75) is 13.3 Å². The molecule has 0 aromatic heterocycles. The van der Waals surface area contributed by atoms with Gasteiger partial charge in [0.25, 0.3) is 0 Å². The quantitative estimate of drug-likeness (QED) is 0.860. The minimum atomic E-state index is -3.66.